The zero-order valence-electron chi connectivity index (χ0n) is 4.52. The van der Waals surface area contributed by atoms with Crippen LogP contribution in [-0.2, 0) is 0 Å². The summed E-state index contributed by atoms with van der Waals surface area (Å²) in [5, 5.41) is 1.01. The Labute approximate surface area is 53.4 Å². The van der Waals surface area contributed by atoms with Crippen molar-refractivity contribution in [2.24, 2.45) is 0 Å². The van der Waals surface area contributed by atoms with Gasteiger partial charge in [-0.25, -0.2) is 0 Å². The van der Waals surface area contributed by atoms with Crippen LogP contribution in [0.2, 0.25) is 0 Å². The molecule has 0 unspecified atom stereocenters. The first kappa shape index (κ1) is 5.83. The molecule has 0 aromatic rings. The molecule has 0 spiro atoms. The minimum Gasteiger partial charge on any atom is -0.160 e. The summed E-state index contributed by atoms with van der Waals surface area (Å²) in [5.74, 6) is 4.10. The maximum atomic E-state index is 2.23. The monoisotopic (exact) mass is 134 g/mol. The van der Waals surface area contributed by atoms with Crippen molar-refractivity contribution < 1.29 is 0 Å². The number of hydrogen-bond donors (Lipinski definition) is 0. The van der Waals surface area contributed by atoms with Crippen LogP contribution in [-0.4, -0.2) is 22.5 Å². The molecule has 42 valence electrons. The second kappa shape index (κ2) is 2.88. The number of rotatable bonds is 2. The van der Waals surface area contributed by atoms with Gasteiger partial charge < -0.3 is 0 Å². The SMILES string of the molecule is CCSC1CSC1. The topological polar surface area (TPSA) is 0 Å². The number of thioether (sulfide) groups is 2. The maximum Gasteiger partial charge on any atom is 0.0228 e. The van der Waals surface area contributed by atoms with E-state index in [1.807, 2.05) is 0 Å². The lowest BCUT2D eigenvalue weighted by molar-refractivity contribution is 1.08. The Bertz CT molecular complexity index is 50.0. The lowest BCUT2D eigenvalue weighted by Gasteiger charge is -2.22. The standard InChI is InChI=1S/C5H10S2/c1-2-7-5-3-6-4-5/h5H,2-4H2,1H3. The Hall–Kier alpha value is 0.700. The van der Waals surface area contributed by atoms with Gasteiger partial charge in [-0.3, -0.25) is 0 Å². The van der Waals surface area contributed by atoms with E-state index in [1.165, 1.54) is 17.3 Å². The largest absolute Gasteiger partial charge is 0.160 e. The third-order valence-electron chi connectivity index (χ3n) is 1.01. The Balaban J connectivity index is 1.93. The Morgan fingerprint density at radius 2 is 2.43 bits per heavy atom. The van der Waals surface area contributed by atoms with Crippen LogP contribution in [0.4, 0.5) is 0 Å². The highest BCUT2D eigenvalue weighted by molar-refractivity contribution is 8.07. The Morgan fingerprint density at radius 3 is 2.57 bits per heavy atom. The lowest BCUT2D eigenvalue weighted by atomic mass is 10.5. The van der Waals surface area contributed by atoms with Crippen molar-refractivity contribution in [3.8, 4) is 0 Å². The summed E-state index contributed by atoms with van der Waals surface area (Å²) < 4.78 is 0. The molecule has 7 heavy (non-hydrogen) atoms. The van der Waals surface area contributed by atoms with Crippen LogP contribution in [0, 0.1) is 0 Å². The molecular weight excluding hydrogens is 124 g/mol. The average Bonchev–Trinajstić information content (AvgIpc) is 1.55. The molecule has 0 radical (unpaired) electrons. The minimum absolute atomic E-state index is 1.01. The van der Waals surface area contributed by atoms with Crippen molar-refractivity contribution in [1.82, 2.24) is 0 Å². The van der Waals surface area contributed by atoms with Crippen molar-refractivity contribution in [2.45, 2.75) is 12.2 Å². The van der Waals surface area contributed by atoms with Crippen molar-refractivity contribution in [2.75, 3.05) is 17.3 Å². The van der Waals surface area contributed by atoms with Gasteiger partial charge in [-0.15, -0.1) is 0 Å². The molecule has 0 aliphatic carbocycles. The van der Waals surface area contributed by atoms with Gasteiger partial charge in [0.25, 0.3) is 0 Å². The van der Waals surface area contributed by atoms with E-state index in [2.05, 4.69) is 30.4 Å². The highest BCUT2D eigenvalue weighted by atomic mass is 32.2. The van der Waals surface area contributed by atoms with Crippen molar-refractivity contribution in [3.05, 3.63) is 0 Å². The molecule has 0 aromatic carbocycles. The third-order valence-corrected chi connectivity index (χ3v) is 3.85. The predicted octanol–water partition coefficient (Wildman–Crippen LogP) is 1.85. The summed E-state index contributed by atoms with van der Waals surface area (Å²) in [4.78, 5) is 0. The molecule has 1 fully saturated rings. The second-order valence-corrected chi connectivity index (χ2v) is 4.27. The van der Waals surface area contributed by atoms with Crippen LogP contribution in [0.15, 0.2) is 0 Å². The Kier molecular flexibility index (Phi) is 2.40. The molecule has 0 atom stereocenters. The predicted molar refractivity (Wildman–Crippen MR) is 39.2 cm³/mol. The van der Waals surface area contributed by atoms with Crippen LogP contribution in [0.1, 0.15) is 6.92 Å². The van der Waals surface area contributed by atoms with Gasteiger partial charge in [-0.1, -0.05) is 6.92 Å². The molecule has 2 heteroatoms. The maximum absolute atomic E-state index is 2.23. The zero-order chi connectivity index (χ0) is 5.11. The molecule has 1 heterocycles. The molecule has 0 N–H and O–H groups in total. The summed E-state index contributed by atoms with van der Waals surface area (Å²) >= 11 is 4.16. The molecule has 0 amide bonds. The van der Waals surface area contributed by atoms with E-state index in [0.29, 0.717) is 0 Å². The average molecular weight is 134 g/mol. The number of hydrogen-bond acceptors (Lipinski definition) is 2. The van der Waals surface area contributed by atoms with E-state index in [9.17, 15) is 0 Å². The molecule has 1 saturated heterocycles. The second-order valence-electron chi connectivity index (χ2n) is 1.61. The highest BCUT2D eigenvalue weighted by Gasteiger charge is 2.16. The van der Waals surface area contributed by atoms with Gasteiger partial charge in [0.2, 0.25) is 0 Å². The molecule has 0 bridgehead atoms. The molecule has 0 aromatic heterocycles. The van der Waals surface area contributed by atoms with Gasteiger partial charge in [0.05, 0.1) is 0 Å². The lowest BCUT2D eigenvalue weighted by Crippen LogP contribution is -2.20. The smallest absolute Gasteiger partial charge is 0.0228 e. The highest BCUT2D eigenvalue weighted by Crippen LogP contribution is 2.28. The van der Waals surface area contributed by atoms with E-state index >= 15 is 0 Å². The Morgan fingerprint density at radius 1 is 1.71 bits per heavy atom. The molecular formula is C5H10S2. The van der Waals surface area contributed by atoms with E-state index in [1.54, 1.807) is 0 Å². The van der Waals surface area contributed by atoms with Gasteiger partial charge in [-0.2, -0.15) is 23.5 Å². The summed E-state index contributed by atoms with van der Waals surface area (Å²) in [5.41, 5.74) is 0. The van der Waals surface area contributed by atoms with Crippen LogP contribution in [0.3, 0.4) is 0 Å². The summed E-state index contributed by atoms with van der Waals surface area (Å²) in [6.45, 7) is 2.23. The van der Waals surface area contributed by atoms with Gasteiger partial charge >= 0.3 is 0 Å². The summed E-state index contributed by atoms with van der Waals surface area (Å²) in [7, 11) is 0. The van der Waals surface area contributed by atoms with Crippen LogP contribution < -0.4 is 0 Å². The summed E-state index contributed by atoms with van der Waals surface area (Å²) in [6.07, 6.45) is 0. The first-order chi connectivity index (χ1) is 3.43. The first-order valence-electron chi connectivity index (χ1n) is 2.63. The van der Waals surface area contributed by atoms with Crippen molar-refractivity contribution in [1.29, 1.82) is 0 Å². The van der Waals surface area contributed by atoms with Crippen LogP contribution >= 0.6 is 23.5 Å². The van der Waals surface area contributed by atoms with E-state index < -0.39 is 0 Å². The van der Waals surface area contributed by atoms with Gasteiger partial charge in [0, 0.05) is 16.8 Å². The van der Waals surface area contributed by atoms with Gasteiger partial charge in [0.15, 0.2) is 0 Å². The van der Waals surface area contributed by atoms with E-state index in [-0.39, 0.29) is 0 Å². The molecule has 1 rings (SSSR count). The molecule has 0 nitrogen and oxygen atoms in total. The van der Waals surface area contributed by atoms with E-state index in [0.717, 1.165) is 5.25 Å². The first-order valence-corrected chi connectivity index (χ1v) is 4.83. The fraction of sp³-hybridized carbons (Fsp3) is 1.00. The van der Waals surface area contributed by atoms with Gasteiger partial charge in [0.1, 0.15) is 0 Å². The quantitative estimate of drug-likeness (QED) is 0.565. The van der Waals surface area contributed by atoms with Gasteiger partial charge in [-0.05, 0) is 5.75 Å². The van der Waals surface area contributed by atoms with Crippen molar-refractivity contribution >= 4 is 23.5 Å². The molecule has 1 aliphatic heterocycles. The van der Waals surface area contributed by atoms with Crippen LogP contribution in [0.5, 0.6) is 0 Å². The zero-order valence-corrected chi connectivity index (χ0v) is 6.15. The summed E-state index contributed by atoms with van der Waals surface area (Å²) in [6, 6.07) is 0. The van der Waals surface area contributed by atoms with E-state index in [4.69, 9.17) is 0 Å². The normalized spacial score (nSPS) is 21.9. The molecule has 0 saturated carbocycles. The fourth-order valence-electron chi connectivity index (χ4n) is 0.546. The fourth-order valence-corrected chi connectivity index (χ4v) is 2.79. The van der Waals surface area contributed by atoms with Crippen LogP contribution in [0.25, 0.3) is 0 Å². The van der Waals surface area contributed by atoms with Crippen molar-refractivity contribution in [3.63, 3.8) is 0 Å². The molecule has 1 aliphatic rings. The third kappa shape index (κ3) is 1.57. The minimum atomic E-state index is 1.01.